The molecule has 2 aromatic heterocycles. The Kier molecular flexibility index (Phi) is 5.39. The van der Waals surface area contributed by atoms with E-state index in [1.165, 1.54) is 12.1 Å². The number of hydrogen-bond acceptors (Lipinski definition) is 4. The first-order chi connectivity index (χ1) is 15.9. The highest BCUT2D eigenvalue weighted by atomic mass is 19.4. The van der Waals surface area contributed by atoms with Gasteiger partial charge in [0.15, 0.2) is 0 Å². The molecule has 6 nitrogen and oxygen atoms in total. The van der Waals surface area contributed by atoms with Gasteiger partial charge in [0.1, 0.15) is 0 Å². The molecule has 5 rings (SSSR count). The number of hydrogen-bond donors (Lipinski definition) is 1. The van der Waals surface area contributed by atoms with Crippen molar-refractivity contribution in [2.45, 2.75) is 31.4 Å². The van der Waals surface area contributed by atoms with E-state index in [9.17, 15) is 18.0 Å². The minimum Gasteiger partial charge on any atom is -0.420 e. The first kappa shape index (κ1) is 21.2. The molecule has 9 heteroatoms. The monoisotopic (exact) mass is 454 g/mol. The zero-order valence-electron chi connectivity index (χ0n) is 17.6. The van der Waals surface area contributed by atoms with Crippen molar-refractivity contribution >= 4 is 16.8 Å². The maximum atomic E-state index is 13.0. The normalized spacial score (nSPS) is 16.9. The number of alkyl halides is 3. The van der Waals surface area contributed by atoms with Crippen LogP contribution < -0.4 is 0 Å². The number of benzene rings is 2. The second kappa shape index (κ2) is 8.38. The Hall–Kier alpha value is -3.62. The van der Waals surface area contributed by atoms with Gasteiger partial charge in [0.25, 0.3) is 0 Å². The van der Waals surface area contributed by atoms with E-state index in [1.807, 2.05) is 35.4 Å². The lowest BCUT2D eigenvalue weighted by atomic mass is 9.97. The fraction of sp³-hybridized carbons (Fsp3) is 0.292. The molecule has 170 valence electrons. The molecule has 33 heavy (non-hydrogen) atoms. The van der Waals surface area contributed by atoms with Gasteiger partial charge < -0.3 is 14.3 Å². The molecule has 1 atom stereocenters. The molecule has 1 unspecified atom stereocenters. The number of para-hydroxylation sites is 1. The maximum absolute atomic E-state index is 13.0. The molecule has 1 aliphatic rings. The number of carbonyl (C=O) groups is 1. The lowest BCUT2D eigenvalue weighted by Gasteiger charge is -2.31. The van der Waals surface area contributed by atoms with Crippen molar-refractivity contribution in [3.8, 4) is 11.5 Å². The number of piperidine rings is 1. The Morgan fingerprint density at radius 3 is 2.70 bits per heavy atom. The smallest absolute Gasteiger partial charge is 0.416 e. The summed E-state index contributed by atoms with van der Waals surface area (Å²) in [7, 11) is 0. The van der Waals surface area contributed by atoms with Crippen LogP contribution >= 0.6 is 0 Å². The van der Waals surface area contributed by atoms with Gasteiger partial charge in [-0.1, -0.05) is 18.2 Å². The Bertz CT molecular complexity index is 1280. The van der Waals surface area contributed by atoms with Gasteiger partial charge in [-0.15, -0.1) is 10.2 Å². The Morgan fingerprint density at radius 1 is 1.12 bits per heavy atom. The lowest BCUT2D eigenvalue weighted by Crippen LogP contribution is -2.40. The van der Waals surface area contributed by atoms with E-state index in [4.69, 9.17) is 4.42 Å². The number of fused-ring (bicyclic) bond motifs is 1. The van der Waals surface area contributed by atoms with Crippen LogP contribution in [0.5, 0.6) is 0 Å². The molecule has 1 saturated heterocycles. The molecule has 1 fully saturated rings. The van der Waals surface area contributed by atoms with Crippen LogP contribution in [0.25, 0.3) is 22.4 Å². The number of nitrogens with zero attached hydrogens (tertiary/aromatic N) is 3. The van der Waals surface area contributed by atoms with Crippen LogP contribution in [0.2, 0.25) is 0 Å². The van der Waals surface area contributed by atoms with Gasteiger partial charge in [-0.25, -0.2) is 0 Å². The van der Waals surface area contributed by atoms with E-state index in [0.29, 0.717) is 31.0 Å². The van der Waals surface area contributed by atoms with Gasteiger partial charge in [0.05, 0.1) is 17.9 Å². The number of H-pyrrole nitrogens is 1. The lowest BCUT2D eigenvalue weighted by molar-refractivity contribution is -0.137. The number of carbonyl (C=O) groups excluding carboxylic acids is 1. The third-order valence-electron chi connectivity index (χ3n) is 6.04. The summed E-state index contributed by atoms with van der Waals surface area (Å²) in [6, 6.07) is 12.5. The van der Waals surface area contributed by atoms with Gasteiger partial charge in [-0.3, -0.25) is 4.79 Å². The molecule has 0 radical (unpaired) electrons. The largest absolute Gasteiger partial charge is 0.420 e. The fourth-order valence-corrected chi connectivity index (χ4v) is 4.28. The minimum absolute atomic E-state index is 0.0342. The summed E-state index contributed by atoms with van der Waals surface area (Å²) in [6.45, 7) is 1.13. The average molecular weight is 454 g/mol. The van der Waals surface area contributed by atoms with E-state index in [0.717, 1.165) is 41.4 Å². The summed E-state index contributed by atoms with van der Waals surface area (Å²) in [5.41, 5.74) is 1.64. The van der Waals surface area contributed by atoms with Crippen molar-refractivity contribution < 1.29 is 22.4 Å². The predicted octanol–water partition coefficient (Wildman–Crippen LogP) is 5.19. The van der Waals surface area contributed by atoms with Crippen molar-refractivity contribution in [3.63, 3.8) is 0 Å². The van der Waals surface area contributed by atoms with E-state index in [2.05, 4.69) is 15.2 Å². The minimum atomic E-state index is -4.40. The molecular weight excluding hydrogens is 433 g/mol. The second-order valence-corrected chi connectivity index (χ2v) is 8.24. The molecule has 0 saturated carbocycles. The van der Waals surface area contributed by atoms with Gasteiger partial charge in [0.2, 0.25) is 17.7 Å². The molecule has 0 bridgehead atoms. The van der Waals surface area contributed by atoms with Gasteiger partial charge >= 0.3 is 6.18 Å². The highest BCUT2D eigenvalue weighted by Gasteiger charge is 2.31. The number of halogens is 3. The van der Waals surface area contributed by atoms with Crippen molar-refractivity contribution in [3.05, 3.63) is 71.7 Å². The molecule has 1 amide bonds. The Morgan fingerprint density at radius 2 is 1.91 bits per heavy atom. The second-order valence-electron chi connectivity index (χ2n) is 8.24. The van der Waals surface area contributed by atoms with Crippen molar-refractivity contribution in [2.75, 3.05) is 13.1 Å². The first-order valence-electron chi connectivity index (χ1n) is 10.7. The van der Waals surface area contributed by atoms with E-state index in [1.54, 1.807) is 0 Å². The maximum Gasteiger partial charge on any atom is 0.416 e. The number of aromatic amines is 1. The summed E-state index contributed by atoms with van der Waals surface area (Å²) in [4.78, 5) is 18.0. The standard InChI is InChI=1S/C24H21F3N4O2/c25-24(26,27)18-9-7-15(8-10-18)22-29-30-23(33-22)16-4-3-11-31(14-16)21(32)12-17-13-28-20-6-2-1-5-19(17)20/h1-2,5-10,13,16,28H,3-4,11-12,14H2. The summed E-state index contributed by atoms with van der Waals surface area (Å²) in [5, 5.41) is 9.17. The molecule has 0 aliphatic carbocycles. The summed E-state index contributed by atoms with van der Waals surface area (Å²) < 4.78 is 44.1. The number of aromatic nitrogens is 3. The topological polar surface area (TPSA) is 75.0 Å². The van der Waals surface area contributed by atoms with Crippen LogP contribution in [0.4, 0.5) is 13.2 Å². The van der Waals surface area contributed by atoms with Crippen molar-refractivity contribution in [2.24, 2.45) is 0 Å². The molecule has 2 aromatic carbocycles. The van der Waals surface area contributed by atoms with Crippen LogP contribution in [-0.2, 0) is 17.4 Å². The van der Waals surface area contributed by atoms with E-state index in [-0.39, 0.29) is 17.7 Å². The molecule has 3 heterocycles. The highest BCUT2D eigenvalue weighted by molar-refractivity contribution is 5.88. The number of rotatable bonds is 4. The number of amides is 1. The van der Waals surface area contributed by atoms with Crippen molar-refractivity contribution in [1.82, 2.24) is 20.1 Å². The Balaban J connectivity index is 1.27. The van der Waals surface area contributed by atoms with E-state index < -0.39 is 11.7 Å². The molecule has 1 aliphatic heterocycles. The fourth-order valence-electron chi connectivity index (χ4n) is 4.28. The number of nitrogens with one attached hydrogen (secondary N) is 1. The third-order valence-corrected chi connectivity index (χ3v) is 6.04. The molecule has 1 N–H and O–H groups in total. The van der Waals surface area contributed by atoms with E-state index >= 15 is 0 Å². The molecule has 4 aromatic rings. The highest BCUT2D eigenvalue weighted by Crippen LogP contribution is 2.32. The van der Waals surface area contributed by atoms with Crippen LogP contribution in [0.3, 0.4) is 0 Å². The van der Waals surface area contributed by atoms with Gasteiger partial charge in [-0.2, -0.15) is 13.2 Å². The first-order valence-corrected chi connectivity index (χ1v) is 10.7. The summed E-state index contributed by atoms with van der Waals surface area (Å²) in [5.74, 6) is 0.490. The zero-order valence-corrected chi connectivity index (χ0v) is 17.6. The quantitative estimate of drug-likeness (QED) is 0.461. The molecular formula is C24H21F3N4O2. The Labute approximate surface area is 187 Å². The van der Waals surface area contributed by atoms with Crippen LogP contribution in [0.1, 0.15) is 35.8 Å². The van der Waals surface area contributed by atoms with Gasteiger partial charge in [-0.05, 0) is 48.7 Å². The van der Waals surface area contributed by atoms with Crippen LogP contribution in [-0.4, -0.2) is 39.1 Å². The summed E-state index contributed by atoms with van der Waals surface area (Å²) >= 11 is 0. The van der Waals surface area contributed by atoms with Crippen molar-refractivity contribution in [1.29, 1.82) is 0 Å². The summed E-state index contributed by atoms with van der Waals surface area (Å²) in [6.07, 6.45) is -0.618. The predicted molar refractivity (Wildman–Crippen MR) is 115 cm³/mol. The molecule has 0 spiro atoms. The zero-order chi connectivity index (χ0) is 23.0. The van der Waals surface area contributed by atoms with Gasteiger partial charge in [0, 0.05) is 35.8 Å². The number of likely N-dealkylation sites (tertiary alicyclic amines) is 1. The van der Waals surface area contributed by atoms with Crippen LogP contribution in [0, 0.1) is 0 Å². The average Bonchev–Trinajstić information content (AvgIpc) is 3.47. The van der Waals surface area contributed by atoms with Crippen LogP contribution in [0.15, 0.2) is 59.1 Å². The third kappa shape index (κ3) is 4.35. The SMILES string of the molecule is O=C(Cc1c[nH]c2ccccc12)N1CCCC(c2nnc(-c3ccc(C(F)(F)F)cc3)o2)C1.